The lowest BCUT2D eigenvalue weighted by molar-refractivity contribution is 0.0716. The number of carbonyl (C=O) groups is 2. The van der Waals surface area contributed by atoms with Gasteiger partial charge < -0.3 is 9.80 Å². The van der Waals surface area contributed by atoms with Crippen molar-refractivity contribution >= 4 is 23.4 Å². The molecular formula is C18H17ClFN3O2. The number of pyridine rings is 1. The van der Waals surface area contributed by atoms with E-state index in [1.54, 1.807) is 34.3 Å². The van der Waals surface area contributed by atoms with Crippen LogP contribution in [0, 0.1) is 5.82 Å². The van der Waals surface area contributed by atoms with Gasteiger partial charge >= 0.3 is 0 Å². The molecule has 3 rings (SSSR count). The topological polar surface area (TPSA) is 53.5 Å². The first-order valence-electron chi connectivity index (χ1n) is 8.00. The van der Waals surface area contributed by atoms with Crippen molar-refractivity contribution in [1.29, 1.82) is 0 Å². The molecule has 1 aliphatic heterocycles. The van der Waals surface area contributed by atoms with Crippen LogP contribution in [0.2, 0.25) is 5.02 Å². The van der Waals surface area contributed by atoms with Crippen LogP contribution in [0.1, 0.15) is 27.1 Å². The average molecular weight is 362 g/mol. The van der Waals surface area contributed by atoms with Gasteiger partial charge in [-0.1, -0.05) is 11.6 Å². The van der Waals surface area contributed by atoms with E-state index in [0.717, 1.165) is 6.07 Å². The third-order valence-electron chi connectivity index (χ3n) is 4.16. The van der Waals surface area contributed by atoms with E-state index in [1.165, 1.54) is 12.1 Å². The first-order chi connectivity index (χ1) is 12.1. The Kier molecular flexibility index (Phi) is 5.28. The number of halogens is 2. The number of nitrogens with zero attached hydrogens (tertiary/aromatic N) is 3. The Morgan fingerprint density at radius 2 is 1.60 bits per heavy atom. The van der Waals surface area contributed by atoms with Gasteiger partial charge in [0.15, 0.2) is 0 Å². The zero-order valence-electron chi connectivity index (χ0n) is 13.5. The normalized spacial score (nSPS) is 15.0. The summed E-state index contributed by atoms with van der Waals surface area (Å²) in [5, 5.41) is 0.249. The number of hydrogen-bond donors (Lipinski definition) is 0. The molecule has 0 aliphatic carbocycles. The molecule has 2 heterocycles. The smallest absolute Gasteiger partial charge is 0.256 e. The van der Waals surface area contributed by atoms with Crippen LogP contribution in [-0.4, -0.2) is 52.8 Å². The van der Waals surface area contributed by atoms with Gasteiger partial charge in [-0.2, -0.15) is 0 Å². The van der Waals surface area contributed by atoms with Gasteiger partial charge in [0.2, 0.25) is 0 Å². The molecule has 0 unspecified atom stereocenters. The van der Waals surface area contributed by atoms with E-state index in [4.69, 9.17) is 11.6 Å². The van der Waals surface area contributed by atoms with Crippen LogP contribution in [0.15, 0.2) is 42.7 Å². The summed E-state index contributed by atoms with van der Waals surface area (Å²) in [6.07, 6.45) is 3.78. The third kappa shape index (κ3) is 3.96. The first-order valence-corrected chi connectivity index (χ1v) is 8.37. The Balaban J connectivity index is 1.69. The fourth-order valence-electron chi connectivity index (χ4n) is 2.83. The fraction of sp³-hybridized carbons (Fsp3) is 0.278. The Labute approximate surface area is 150 Å². The van der Waals surface area contributed by atoms with E-state index in [-0.39, 0.29) is 22.4 Å². The molecule has 0 N–H and O–H groups in total. The molecule has 1 aromatic heterocycles. The summed E-state index contributed by atoms with van der Waals surface area (Å²) in [7, 11) is 0. The van der Waals surface area contributed by atoms with E-state index >= 15 is 0 Å². The molecular weight excluding hydrogens is 345 g/mol. The molecule has 0 saturated carbocycles. The number of rotatable bonds is 2. The predicted molar refractivity (Wildman–Crippen MR) is 92.1 cm³/mol. The minimum Gasteiger partial charge on any atom is -0.337 e. The van der Waals surface area contributed by atoms with Crippen molar-refractivity contribution in [2.45, 2.75) is 6.42 Å². The molecule has 1 aromatic carbocycles. The van der Waals surface area contributed by atoms with Crippen molar-refractivity contribution < 1.29 is 14.0 Å². The molecule has 1 aliphatic rings. The van der Waals surface area contributed by atoms with Crippen LogP contribution >= 0.6 is 11.6 Å². The fourth-order valence-corrected chi connectivity index (χ4v) is 2.99. The van der Waals surface area contributed by atoms with Crippen molar-refractivity contribution in [3.8, 4) is 0 Å². The number of amides is 2. The summed E-state index contributed by atoms with van der Waals surface area (Å²) in [5.41, 5.74) is 0.567. The van der Waals surface area contributed by atoms with Gasteiger partial charge in [0.25, 0.3) is 11.8 Å². The second-order valence-electron chi connectivity index (χ2n) is 5.80. The summed E-state index contributed by atoms with van der Waals surface area (Å²) in [6.45, 7) is 1.79. The number of hydrogen-bond acceptors (Lipinski definition) is 3. The highest BCUT2D eigenvalue weighted by Gasteiger charge is 2.25. The summed E-state index contributed by atoms with van der Waals surface area (Å²) in [6, 6.07) is 7.35. The van der Waals surface area contributed by atoms with Crippen molar-refractivity contribution in [2.75, 3.05) is 26.2 Å². The summed E-state index contributed by atoms with van der Waals surface area (Å²) < 4.78 is 14.0. The molecule has 7 heteroatoms. The molecule has 5 nitrogen and oxygen atoms in total. The van der Waals surface area contributed by atoms with E-state index in [9.17, 15) is 14.0 Å². The quantitative estimate of drug-likeness (QED) is 0.826. The molecule has 2 aromatic rings. The highest BCUT2D eigenvalue weighted by Crippen LogP contribution is 2.18. The molecule has 0 spiro atoms. The van der Waals surface area contributed by atoms with Gasteiger partial charge in [0, 0.05) is 49.2 Å². The van der Waals surface area contributed by atoms with Crippen LogP contribution in [0.5, 0.6) is 0 Å². The number of benzene rings is 1. The van der Waals surface area contributed by atoms with Crippen LogP contribution in [0.25, 0.3) is 0 Å². The van der Waals surface area contributed by atoms with Crippen LogP contribution in [0.4, 0.5) is 4.39 Å². The third-order valence-corrected chi connectivity index (χ3v) is 4.39. The monoisotopic (exact) mass is 361 g/mol. The SMILES string of the molecule is O=C(c1ccncc1)N1CCCN(C(=O)c2ccc(Cl)cc2F)CC1. The second-order valence-corrected chi connectivity index (χ2v) is 6.23. The maximum atomic E-state index is 14.0. The second kappa shape index (κ2) is 7.61. The first kappa shape index (κ1) is 17.4. The lowest BCUT2D eigenvalue weighted by Crippen LogP contribution is -2.37. The summed E-state index contributed by atoms with van der Waals surface area (Å²) >= 11 is 5.73. The molecule has 1 fully saturated rings. The van der Waals surface area contributed by atoms with E-state index < -0.39 is 5.82 Å². The lowest BCUT2D eigenvalue weighted by atomic mass is 10.2. The van der Waals surface area contributed by atoms with E-state index in [2.05, 4.69) is 4.98 Å². The Morgan fingerprint density at radius 3 is 2.24 bits per heavy atom. The van der Waals surface area contributed by atoms with Crippen molar-refractivity contribution in [1.82, 2.24) is 14.8 Å². The maximum absolute atomic E-state index is 14.0. The van der Waals surface area contributed by atoms with Crippen LogP contribution in [0.3, 0.4) is 0 Å². The molecule has 0 atom stereocenters. The van der Waals surface area contributed by atoms with Crippen molar-refractivity contribution in [3.63, 3.8) is 0 Å². The molecule has 0 radical (unpaired) electrons. The Hall–Kier alpha value is -2.47. The lowest BCUT2D eigenvalue weighted by Gasteiger charge is -2.22. The zero-order valence-corrected chi connectivity index (χ0v) is 14.2. The Morgan fingerprint density at radius 1 is 0.960 bits per heavy atom. The summed E-state index contributed by atoms with van der Waals surface area (Å²) in [4.78, 5) is 32.3. The van der Waals surface area contributed by atoms with Gasteiger partial charge in [0.1, 0.15) is 5.82 Å². The molecule has 130 valence electrons. The predicted octanol–water partition coefficient (Wildman–Crippen LogP) is 2.86. The van der Waals surface area contributed by atoms with E-state index in [0.29, 0.717) is 38.2 Å². The zero-order chi connectivity index (χ0) is 17.8. The standard InChI is InChI=1S/C18H17ClFN3O2/c19-14-2-3-15(16(20)12-14)18(25)23-9-1-8-22(10-11-23)17(24)13-4-6-21-7-5-13/h2-7,12H,1,8-11H2. The van der Waals surface area contributed by atoms with Gasteiger partial charge in [0.05, 0.1) is 5.56 Å². The summed E-state index contributed by atoms with van der Waals surface area (Å²) in [5.74, 6) is -1.10. The molecule has 25 heavy (non-hydrogen) atoms. The molecule has 1 saturated heterocycles. The number of aromatic nitrogens is 1. The minimum atomic E-state index is -0.633. The van der Waals surface area contributed by atoms with Gasteiger partial charge in [-0.25, -0.2) is 4.39 Å². The largest absolute Gasteiger partial charge is 0.337 e. The highest BCUT2D eigenvalue weighted by atomic mass is 35.5. The molecule has 2 amide bonds. The van der Waals surface area contributed by atoms with Crippen LogP contribution < -0.4 is 0 Å². The van der Waals surface area contributed by atoms with Crippen molar-refractivity contribution in [2.24, 2.45) is 0 Å². The van der Waals surface area contributed by atoms with Gasteiger partial charge in [-0.15, -0.1) is 0 Å². The maximum Gasteiger partial charge on any atom is 0.256 e. The van der Waals surface area contributed by atoms with Gasteiger partial charge in [-0.05, 0) is 36.8 Å². The Bertz CT molecular complexity index is 785. The van der Waals surface area contributed by atoms with Crippen molar-refractivity contribution in [3.05, 3.63) is 64.7 Å². The number of carbonyl (C=O) groups excluding carboxylic acids is 2. The minimum absolute atomic E-state index is 0.00156. The average Bonchev–Trinajstić information content (AvgIpc) is 2.87. The molecule has 0 bridgehead atoms. The van der Waals surface area contributed by atoms with E-state index in [1.807, 2.05) is 0 Å². The van der Waals surface area contributed by atoms with Crippen LogP contribution in [-0.2, 0) is 0 Å². The highest BCUT2D eigenvalue weighted by molar-refractivity contribution is 6.30. The van der Waals surface area contributed by atoms with Gasteiger partial charge in [-0.3, -0.25) is 14.6 Å².